The predicted molar refractivity (Wildman–Crippen MR) is 17.2 cm³/mol. The van der Waals surface area contributed by atoms with Gasteiger partial charge in [-0.3, -0.25) is 0 Å². The second-order valence-electron chi connectivity index (χ2n) is 0.247. The molecule has 0 aliphatic heterocycles. The van der Waals surface area contributed by atoms with Crippen molar-refractivity contribution in [3.63, 3.8) is 0 Å². The third-order valence-corrected chi connectivity index (χ3v) is 0. The van der Waals surface area contributed by atoms with Gasteiger partial charge < -0.3 is 5.73 Å². The summed E-state index contributed by atoms with van der Waals surface area (Å²) >= 11 is 0. The molecule has 0 saturated heterocycles. The number of halogens is 3. The molecular weight excluding hydrogens is 95.0 g/mol. The van der Waals surface area contributed by atoms with Crippen molar-refractivity contribution in [2.75, 3.05) is 7.05 Å². The Kier molecular flexibility index (Phi) is 13.6. The first-order valence-electron chi connectivity index (χ1n) is 1.23. The minimum absolute atomic E-state index is 1.50. The standard InChI is InChI=1S/CHF3.CH5N/c2-1(3)4;1-2/h1H;2H2,1H3. The zero-order chi connectivity index (χ0) is 5.58. The predicted octanol–water partition coefficient (Wildman–Crippen LogP) is 0.753. The van der Waals surface area contributed by atoms with E-state index in [-0.39, 0.29) is 0 Å². The van der Waals surface area contributed by atoms with Gasteiger partial charge in [0.15, 0.2) is 0 Å². The fraction of sp³-hybridized carbons (Fsp3) is 1.00. The molecule has 0 rings (SSSR count). The van der Waals surface area contributed by atoms with Crippen LogP contribution in [0.25, 0.3) is 0 Å². The SMILES string of the molecule is CN.FC(F)F. The summed E-state index contributed by atoms with van der Waals surface area (Å²) in [6.45, 7) is -3.67. The summed E-state index contributed by atoms with van der Waals surface area (Å²) in [6, 6.07) is 0. The molecule has 0 aliphatic carbocycles. The third-order valence-electron chi connectivity index (χ3n) is 0. The van der Waals surface area contributed by atoms with Crippen LogP contribution >= 0.6 is 0 Å². The Morgan fingerprint density at radius 1 is 1.17 bits per heavy atom. The average molecular weight is 101 g/mol. The van der Waals surface area contributed by atoms with Gasteiger partial charge in [0.05, 0.1) is 0 Å². The molecule has 0 amide bonds. The van der Waals surface area contributed by atoms with Gasteiger partial charge in [-0.2, -0.15) is 13.2 Å². The van der Waals surface area contributed by atoms with Crippen LogP contribution in [-0.2, 0) is 0 Å². The van der Waals surface area contributed by atoms with Crippen molar-refractivity contribution in [3.8, 4) is 0 Å². The van der Waals surface area contributed by atoms with Gasteiger partial charge >= 0.3 is 6.68 Å². The highest BCUT2D eigenvalue weighted by Crippen LogP contribution is 1.87. The molecule has 6 heavy (non-hydrogen) atoms. The van der Waals surface area contributed by atoms with E-state index in [0.29, 0.717) is 0 Å². The van der Waals surface area contributed by atoms with E-state index < -0.39 is 6.68 Å². The Morgan fingerprint density at radius 2 is 1.17 bits per heavy atom. The minimum Gasteiger partial charge on any atom is -0.333 e. The molecule has 40 valence electrons. The molecule has 0 radical (unpaired) electrons. The minimum atomic E-state index is -3.67. The van der Waals surface area contributed by atoms with E-state index in [1.54, 1.807) is 0 Å². The van der Waals surface area contributed by atoms with Crippen molar-refractivity contribution < 1.29 is 13.2 Å². The second kappa shape index (κ2) is 8.83. The van der Waals surface area contributed by atoms with Crippen LogP contribution in [0.2, 0.25) is 0 Å². The fourth-order valence-electron chi connectivity index (χ4n) is 0. The van der Waals surface area contributed by atoms with E-state index in [0.717, 1.165) is 0 Å². The molecule has 0 fully saturated rings. The third kappa shape index (κ3) is 454. The van der Waals surface area contributed by atoms with Gasteiger partial charge in [0, 0.05) is 0 Å². The van der Waals surface area contributed by atoms with Crippen LogP contribution in [0, 0.1) is 0 Å². The quantitative estimate of drug-likeness (QED) is 0.478. The summed E-state index contributed by atoms with van der Waals surface area (Å²) in [5, 5.41) is 0. The average Bonchev–Trinajstić information content (AvgIpc) is 1.41. The summed E-state index contributed by atoms with van der Waals surface area (Å²) in [6.07, 6.45) is 0. The van der Waals surface area contributed by atoms with Crippen molar-refractivity contribution in [1.82, 2.24) is 0 Å². The van der Waals surface area contributed by atoms with E-state index in [4.69, 9.17) is 0 Å². The van der Waals surface area contributed by atoms with Crippen molar-refractivity contribution >= 4 is 0 Å². The van der Waals surface area contributed by atoms with Gasteiger partial charge in [-0.05, 0) is 7.05 Å². The van der Waals surface area contributed by atoms with Crippen LogP contribution < -0.4 is 5.73 Å². The number of hydrogen-bond acceptors (Lipinski definition) is 1. The molecule has 0 bridgehead atoms. The highest BCUT2D eigenvalue weighted by atomic mass is 19.4. The smallest absolute Gasteiger partial charge is 0.333 e. The van der Waals surface area contributed by atoms with Crippen molar-refractivity contribution in [3.05, 3.63) is 0 Å². The lowest BCUT2D eigenvalue weighted by Crippen LogP contribution is -1.69. The highest BCUT2D eigenvalue weighted by Gasteiger charge is 1.86. The largest absolute Gasteiger partial charge is 0.379 e. The first-order chi connectivity index (χ1) is 2.73. The molecule has 0 atom stereocenters. The van der Waals surface area contributed by atoms with Gasteiger partial charge in [-0.25, -0.2) is 0 Å². The number of hydrogen-bond donors (Lipinski definition) is 1. The number of alkyl halides is 3. The maximum Gasteiger partial charge on any atom is 0.379 e. The molecule has 2 N–H and O–H groups in total. The van der Waals surface area contributed by atoms with Crippen LogP contribution in [0.15, 0.2) is 0 Å². The molecule has 0 aliphatic rings. The first-order valence-corrected chi connectivity index (χ1v) is 1.23. The second-order valence-corrected chi connectivity index (χ2v) is 0.247. The Bertz CT molecular complexity index is 13.5. The van der Waals surface area contributed by atoms with Crippen molar-refractivity contribution in [2.45, 2.75) is 6.68 Å². The maximum atomic E-state index is 9.67. The van der Waals surface area contributed by atoms with Crippen LogP contribution in [-0.4, -0.2) is 13.7 Å². The van der Waals surface area contributed by atoms with E-state index in [1.807, 2.05) is 0 Å². The summed E-state index contributed by atoms with van der Waals surface area (Å²) in [5.74, 6) is 0. The summed E-state index contributed by atoms with van der Waals surface area (Å²) in [5.41, 5.74) is 4.50. The van der Waals surface area contributed by atoms with Crippen LogP contribution in [0.4, 0.5) is 13.2 Å². The Hall–Kier alpha value is -0.250. The van der Waals surface area contributed by atoms with E-state index >= 15 is 0 Å². The van der Waals surface area contributed by atoms with E-state index in [9.17, 15) is 13.2 Å². The molecular formula is C2H6F3N. The molecule has 0 unspecified atom stereocenters. The Balaban J connectivity index is 0. The zero-order valence-electron chi connectivity index (χ0n) is 3.29. The fourth-order valence-corrected chi connectivity index (χ4v) is 0. The topological polar surface area (TPSA) is 26.0 Å². The van der Waals surface area contributed by atoms with E-state index in [1.165, 1.54) is 7.05 Å². The van der Waals surface area contributed by atoms with Gasteiger partial charge in [0.25, 0.3) is 0 Å². The highest BCUT2D eigenvalue weighted by molar-refractivity contribution is 3.83. The van der Waals surface area contributed by atoms with Crippen LogP contribution in [0.3, 0.4) is 0 Å². The Morgan fingerprint density at radius 3 is 1.17 bits per heavy atom. The van der Waals surface area contributed by atoms with E-state index in [2.05, 4.69) is 5.73 Å². The Labute approximate surface area is 33.9 Å². The summed E-state index contributed by atoms with van der Waals surface area (Å²) < 4.78 is 29.0. The molecule has 0 heterocycles. The van der Waals surface area contributed by atoms with Crippen LogP contribution in [0.1, 0.15) is 0 Å². The molecule has 0 aromatic rings. The van der Waals surface area contributed by atoms with Gasteiger partial charge in [0.1, 0.15) is 0 Å². The number of rotatable bonds is 0. The maximum absolute atomic E-state index is 9.67. The van der Waals surface area contributed by atoms with Crippen LogP contribution in [0.5, 0.6) is 0 Å². The number of nitrogens with two attached hydrogens (primary N) is 1. The lowest BCUT2D eigenvalue weighted by Gasteiger charge is -1.65. The van der Waals surface area contributed by atoms with Crippen molar-refractivity contribution in [1.29, 1.82) is 0 Å². The van der Waals surface area contributed by atoms with Crippen molar-refractivity contribution in [2.24, 2.45) is 5.73 Å². The lowest BCUT2D eigenvalue weighted by atomic mass is 11.6. The molecule has 0 saturated carbocycles. The molecule has 0 aromatic carbocycles. The molecule has 0 aromatic heterocycles. The molecule has 0 spiro atoms. The van der Waals surface area contributed by atoms with Gasteiger partial charge in [0.2, 0.25) is 0 Å². The summed E-state index contributed by atoms with van der Waals surface area (Å²) in [7, 11) is 1.50. The zero-order valence-corrected chi connectivity index (χ0v) is 3.29. The molecule has 4 heteroatoms. The summed E-state index contributed by atoms with van der Waals surface area (Å²) in [4.78, 5) is 0. The normalized spacial score (nSPS) is 7.00. The molecule has 1 nitrogen and oxygen atoms in total. The van der Waals surface area contributed by atoms with Gasteiger partial charge in [-0.1, -0.05) is 0 Å². The lowest BCUT2D eigenvalue weighted by molar-refractivity contribution is 0.00819. The first kappa shape index (κ1) is 9.23. The monoisotopic (exact) mass is 101 g/mol. The van der Waals surface area contributed by atoms with Gasteiger partial charge in [-0.15, -0.1) is 0 Å².